The maximum Gasteiger partial charge on any atom is 0.336 e. The molecule has 0 aliphatic rings. The second-order valence-corrected chi connectivity index (χ2v) is 7.04. The van der Waals surface area contributed by atoms with Gasteiger partial charge in [-0.25, -0.2) is 4.79 Å². The van der Waals surface area contributed by atoms with Crippen LogP contribution in [0.3, 0.4) is 0 Å². The van der Waals surface area contributed by atoms with Gasteiger partial charge in [0.1, 0.15) is 12.4 Å². The van der Waals surface area contributed by atoms with Gasteiger partial charge in [-0.3, -0.25) is 4.72 Å². The van der Waals surface area contributed by atoms with E-state index in [9.17, 15) is 9.90 Å². The number of allylic oxidation sites excluding steroid dienone is 1. The standard InChI is InChI=1S/C21H26N2O3S/c1-3-17-9-10-18(13-19(17)21(24)25)27-23-12-11-20(22)15(2)26-14-16-7-5-4-6-8-16/h4-10,13,23H,3,11-12,14,22H2,1-2H3,(H,24,25)/b20-15-. The third-order valence-corrected chi connectivity index (χ3v) is 4.97. The van der Waals surface area contributed by atoms with Crippen LogP contribution in [0, 0.1) is 0 Å². The highest BCUT2D eigenvalue weighted by Crippen LogP contribution is 2.20. The lowest BCUT2D eigenvalue weighted by Gasteiger charge is -2.11. The molecule has 2 aromatic rings. The van der Waals surface area contributed by atoms with E-state index in [1.165, 1.54) is 11.9 Å². The number of hydrogen-bond acceptors (Lipinski definition) is 5. The highest BCUT2D eigenvalue weighted by atomic mass is 32.2. The number of carboxylic acid groups (broad SMARTS) is 1. The molecular formula is C21H26N2O3S. The summed E-state index contributed by atoms with van der Waals surface area (Å²) in [6, 6.07) is 15.4. The van der Waals surface area contributed by atoms with Gasteiger partial charge in [-0.05, 0) is 48.6 Å². The molecule has 0 heterocycles. The van der Waals surface area contributed by atoms with E-state index < -0.39 is 5.97 Å². The van der Waals surface area contributed by atoms with Crippen LogP contribution in [-0.4, -0.2) is 17.6 Å². The molecule has 2 rings (SSSR count). The molecule has 0 aromatic heterocycles. The Labute approximate surface area is 164 Å². The summed E-state index contributed by atoms with van der Waals surface area (Å²) in [5.41, 5.74) is 9.08. The van der Waals surface area contributed by atoms with Gasteiger partial charge in [0, 0.05) is 23.6 Å². The molecule has 0 spiro atoms. The van der Waals surface area contributed by atoms with Crippen LogP contribution in [0.2, 0.25) is 0 Å². The first kappa shape index (κ1) is 20.9. The zero-order valence-electron chi connectivity index (χ0n) is 15.7. The van der Waals surface area contributed by atoms with Crippen LogP contribution in [0.5, 0.6) is 0 Å². The molecule has 0 aliphatic carbocycles. The lowest BCUT2D eigenvalue weighted by atomic mass is 10.1. The van der Waals surface area contributed by atoms with E-state index in [-0.39, 0.29) is 0 Å². The van der Waals surface area contributed by atoms with E-state index in [0.29, 0.717) is 37.3 Å². The van der Waals surface area contributed by atoms with Gasteiger partial charge in [0.05, 0.1) is 5.56 Å². The Morgan fingerprint density at radius 2 is 1.96 bits per heavy atom. The van der Waals surface area contributed by atoms with Crippen molar-refractivity contribution in [1.82, 2.24) is 4.72 Å². The largest absolute Gasteiger partial charge is 0.492 e. The van der Waals surface area contributed by atoms with Crippen LogP contribution in [0.1, 0.15) is 41.8 Å². The SMILES string of the molecule is CCc1ccc(SNCC/C(N)=C(\C)OCc2ccccc2)cc1C(=O)O. The van der Waals surface area contributed by atoms with Crippen LogP contribution in [-0.2, 0) is 17.8 Å². The molecule has 0 fully saturated rings. The molecule has 6 heteroatoms. The number of benzene rings is 2. The van der Waals surface area contributed by atoms with Crippen LogP contribution < -0.4 is 10.5 Å². The van der Waals surface area contributed by atoms with Gasteiger partial charge in [-0.2, -0.15) is 0 Å². The number of ether oxygens (including phenoxy) is 1. The number of nitrogens with two attached hydrogens (primary N) is 1. The van der Waals surface area contributed by atoms with E-state index in [4.69, 9.17) is 10.5 Å². The molecule has 0 radical (unpaired) electrons. The fourth-order valence-corrected chi connectivity index (χ4v) is 3.16. The van der Waals surface area contributed by atoms with Crippen molar-refractivity contribution in [3.05, 3.63) is 76.7 Å². The Bertz CT molecular complexity index is 791. The van der Waals surface area contributed by atoms with Crippen LogP contribution in [0.4, 0.5) is 0 Å². The Morgan fingerprint density at radius 3 is 2.63 bits per heavy atom. The first-order valence-electron chi connectivity index (χ1n) is 8.89. The predicted molar refractivity (Wildman–Crippen MR) is 109 cm³/mol. The topological polar surface area (TPSA) is 84.6 Å². The predicted octanol–water partition coefficient (Wildman–Crippen LogP) is 4.34. The fourth-order valence-electron chi connectivity index (χ4n) is 2.48. The summed E-state index contributed by atoms with van der Waals surface area (Å²) in [4.78, 5) is 12.2. The summed E-state index contributed by atoms with van der Waals surface area (Å²) >= 11 is 1.40. The van der Waals surface area contributed by atoms with Crippen LogP contribution in [0.25, 0.3) is 0 Å². The van der Waals surface area contributed by atoms with Crippen molar-refractivity contribution in [1.29, 1.82) is 0 Å². The summed E-state index contributed by atoms with van der Waals surface area (Å²) in [5.74, 6) is -0.168. The summed E-state index contributed by atoms with van der Waals surface area (Å²) in [7, 11) is 0. The molecule has 5 nitrogen and oxygen atoms in total. The summed E-state index contributed by atoms with van der Waals surface area (Å²) in [5, 5.41) is 9.29. The van der Waals surface area contributed by atoms with E-state index in [0.717, 1.165) is 21.8 Å². The Kier molecular flexibility index (Phi) is 8.23. The van der Waals surface area contributed by atoms with Crippen molar-refractivity contribution in [3.63, 3.8) is 0 Å². The molecule has 0 saturated carbocycles. The Hall–Kier alpha value is -2.44. The minimum atomic E-state index is -0.896. The molecule has 0 bridgehead atoms. The molecule has 0 amide bonds. The van der Waals surface area contributed by atoms with E-state index in [2.05, 4.69) is 4.72 Å². The number of nitrogens with one attached hydrogen (secondary N) is 1. The lowest BCUT2D eigenvalue weighted by molar-refractivity contribution is 0.0695. The van der Waals surface area contributed by atoms with Crippen molar-refractivity contribution in [3.8, 4) is 0 Å². The zero-order valence-corrected chi connectivity index (χ0v) is 16.5. The number of hydrogen-bond donors (Lipinski definition) is 3. The Balaban J connectivity index is 1.80. The molecule has 144 valence electrons. The van der Waals surface area contributed by atoms with E-state index >= 15 is 0 Å². The van der Waals surface area contributed by atoms with Gasteiger partial charge in [-0.1, -0.05) is 43.3 Å². The van der Waals surface area contributed by atoms with Crippen LogP contribution in [0.15, 0.2) is 64.9 Å². The van der Waals surface area contributed by atoms with Crippen molar-refractivity contribution in [2.45, 2.75) is 38.2 Å². The number of carbonyl (C=O) groups is 1. The smallest absolute Gasteiger partial charge is 0.336 e. The number of aryl methyl sites for hydroxylation is 1. The van der Waals surface area contributed by atoms with E-state index in [1.54, 1.807) is 6.07 Å². The molecule has 2 aromatic carbocycles. The highest BCUT2D eigenvalue weighted by Gasteiger charge is 2.10. The molecular weight excluding hydrogens is 360 g/mol. The third-order valence-electron chi connectivity index (χ3n) is 4.13. The molecule has 27 heavy (non-hydrogen) atoms. The average Bonchev–Trinajstić information content (AvgIpc) is 2.69. The molecule has 4 N–H and O–H groups in total. The summed E-state index contributed by atoms with van der Waals surface area (Å²) in [6.07, 6.45) is 1.34. The summed E-state index contributed by atoms with van der Waals surface area (Å²) < 4.78 is 8.95. The van der Waals surface area contributed by atoms with Gasteiger partial charge in [0.2, 0.25) is 0 Å². The lowest BCUT2D eigenvalue weighted by Crippen LogP contribution is -2.12. The number of carboxylic acids is 1. The highest BCUT2D eigenvalue weighted by molar-refractivity contribution is 7.97. The first-order valence-corrected chi connectivity index (χ1v) is 9.70. The summed E-state index contributed by atoms with van der Waals surface area (Å²) in [6.45, 7) is 4.97. The van der Waals surface area contributed by atoms with Gasteiger partial charge in [-0.15, -0.1) is 0 Å². The average molecular weight is 387 g/mol. The van der Waals surface area contributed by atoms with Crippen molar-refractivity contribution in [2.24, 2.45) is 5.73 Å². The van der Waals surface area contributed by atoms with Gasteiger partial charge < -0.3 is 15.6 Å². The van der Waals surface area contributed by atoms with Crippen molar-refractivity contribution in [2.75, 3.05) is 6.54 Å². The van der Waals surface area contributed by atoms with Gasteiger partial charge >= 0.3 is 5.97 Å². The molecule has 0 saturated heterocycles. The van der Waals surface area contributed by atoms with Crippen molar-refractivity contribution < 1.29 is 14.6 Å². The Morgan fingerprint density at radius 1 is 1.22 bits per heavy atom. The molecule has 0 aliphatic heterocycles. The van der Waals surface area contributed by atoms with Crippen LogP contribution >= 0.6 is 11.9 Å². The quantitative estimate of drug-likeness (QED) is 0.320. The van der Waals surface area contributed by atoms with Crippen molar-refractivity contribution >= 4 is 17.9 Å². The fraction of sp³-hybridized carbons (Fsp3) is 0.286. The first-order chi connectivity index (χ1) is 13.0. The minimum Gasteiger partial charge on any atom is -0.492 e. The normalized spacial score (nSPS) is 11.8. The third kappa shape index (κ3) is 6.66. The molecule has 0 atom stereocenters. The second-order valence-electron chi connectivity index (χ2n) is 6.08. The maximum atomic E-state index is 11.3. The minimum absolute atomic E-state index is 0.355. The van der Waals surface area contributed by atoms with Gasteiger partial charge in [0.15, 0.2) is 0 Å². The zero-order chi connectivity index (χ0) is 19.6. The van der Waals surface area contributed by atoms with E-state index in [1.807, 2.05) is 56.3 Å². The maximum absolute atomic E-state index is 11.3. The number of aromatic carboxylic acids is 1. The monoisotopic (exact) mass is 386 g/mol. The molecule has 0 unspecified atom stereocenters. The second kappa shape index (κ2) is 10.6. The number of rotatable bonds is 10. The van der Waals surface area contributed by atoms with Gasteiger partial charge in [0.25, 0.3) is 0 Å².